The van der Waals surface area contributed by atoms with Crippen molar-refractivity contribution in [2.24, 2.45) is 0 Å². The number of rotatable bonds is 2. The van der Waals surface area contributed by atoms with Crippen molar-refractivity contribution in [3.05, 3.63) is 32.2 Å². The second kappa shape index (κ2) is 5.33. The second-order valence-corrected chi connectivity index (χ2v) is 4.06. The van der Waals surface area contributed by atoms with Gasteiger partial charge in [0.1, 0.15) is 0 Å². The van der Waals surface area contributed by atoms with Crippen molar-refractivity contribution in [1.29, 1.82) is 0 Å². The molecule has 0 radical (unpaired) electrons. The maximum Gasteiger partial charge on any atom is 0.0220 e. The smallest absolute Gasteiger partial charge is 0.0220 e. The minimum Gasteiger partial charge on any atom is -0.0847 e. The van der Waals surface area contributed by atoms with Crippen molar-refractivity contribution in [3.8, 4) is 0 Å². The zero-order valence-corrected chi connectivity index (χ0v) is 10.3. The van der Waals surface area contributed by atoms with Gasteiger partial charge in [-0.05, 0) is 23.6 Å². The van der Waals surface area contributed by atoms with Crippen LogP contribution in [0.4, 0.5) is 0 Å². The molecule has 3 heteroatoms. The van der Waals surface area contributed by atoms with Crippen molar-refractivity contribution in [3.63, 3.8) is 0 Å². The average Bonchev–Trinajstić information content (AvgIpc) is 1.85. The fraction of sp³-hybridized carbons (Fsp3) is 0.143. The minimum absolute atomic E-state index is 0.855. The molecule has 0 aliphatic carbocycles. The average molecular weight is 331 g/mol. The molecule has 0 aliphatic rings. The molecule has 0 heterocycles. The first-order valence-corrected chi connectivity index (χ1v) is 5.07. The van der Waals surface area contributed by atoms with Crippen LogP contribution in [0.3, 0.4) is 0 Å². The molecule has 0 aromatic rings. The lowest BCUT2D eigenvalue weighted by atomic mass is 10.3. The molecule has 0 atom stereocenters. The van der Waals surface area contributed by atoms with Crippen LogP contribution in [0.1, 0.15) is 6.92 Å². The lowest BCUT2D eigenvalue weighted by Gasteiger charge is -1.95. The van der Waals surface area contributed by atoms with Gasteiger partial charge in [0.25, 0.3) is 0 Å². The molecule has 0 bridgehead atoms. The quantitative estimate of drug-likeness (QED) is 0.655. The third-order valence-electron chi connectivity index (χ3n) is 0.824. The Morgan fingerprint density at radius 1 is 1.40 bits per heavy atom. The molecule has 0 amide bonds. The van der Waals surface area contributed by atoms with Gasteiger partial charge >= 0.3 is 0 Å². The van der Waals surface area contributed by atoms with Gasteiger partial charge in [0.15, 0.2) is 0 Å². The molecule has 0 nitrogen and oxygen atoms in total. The number of allylic oxidation sites excluding steroid dienone is 4. The van der Waals surface area contributed by atoms with E-state index in [1.807, 2.05) is 18.0 Å². The van der Waals surface area contributed by atoms with Crippen LogP contribution in [0, 0.1) is 0 Å². The molecule has 0 fully saturated rings. The summed E-state index contributed by atoms with van der Waals surface area (Å²) in [6, 6.07) is 0. The van der Waals surface area contributed by atoms with Crippen molar-refractivity contribution in [2.75, 3.05) is 0 Å². The molecule has 0 aromatic heterocycles. The van der Waals surface area contributed by atoms with Crippen LogP contribution >= 0.6 is 47.8 Å². The molecule has 0 N–H and O–H groups in total. The van der Waals surface area contributed by atoms with E-state index in [1.54, 1.807) is 0 Å². The van der Waals surface area contributed by atoms with Gasteiger partial charge < -0.3 is 0 Å². The molecule has 0 unspecified atom stereocenters. The number of hydrogen-bond acceptors (Lipinski definition) is 0. The molecule has 0 spiro atoms. The Labute approximate surface area is 86.5 Å². The van der Waals surface area contributed by atoms with E-state index in [0.29, 0.717) is 0 Å². The standard InChI is InChI=1S/C7H7Br3/c1-5(4-8)7(10)3-6(2)9/h3-4H,2H2,1H3/b5-4+,7-3+. The van der Waals surface area contributed by atoms with Gasteiger partial charge in [-0.1, -0.05) is 54.4 Å². The summed E-state index contributed by atoms with van der Waals surface area (Å²) in [7, 11) is 0. The summed E-state index contributed by atoms with van der Waals surface area (Å²) >= 11 is 9.83. The summed E-state index contributed by atoms with van der Waals surface area (Å²) in [6.07, 6.45) is 1.90. The molecule has 56 valence electrons. The summed E-state index contributed by atoms with van der Waals surface area (Å²) < 4.78 is 1.87. The van der Waals surface area contributed by atoms with Crippen LogP contribution in [0.25, 0.3) is 0 Å². The highest BCUT2D eigenvalue weighted by Gasteiger charge is 1.92. The molecule has 0 aliphatic heterocycles. The second-order valence-electron chi connectivity index (χ2n) is 1.73. The molecule has 10 heavy (non-hydrogen) atoms. The van der Waals surface area contributed by atoms with Gasteiger partial charge in [-0.25, -0.2) is 0 Å². The first-order valence-electron chi connectivity index (χ1n) is 2.57. The third kappa shape index (κ3) is 4.47. The third-order valence-corrected chi connectivity index (χ3v) is 2.59. The van der Waals surface area contributed by atoms with Crippen LogP contribution in [-0.2, 0) is 0 Å². The predicted molar refractivity (Wildman–Crippen MR) is 57.8 cm³/mol. The fourth-order valence-electron chi connectivity index (χ4n) is 0.303. The van der Waals surface area contributed by atoms with Gasteiger partial charge in [-0.2, -0.15) is 0 Å². The first-order chi connectivity index (χ1) is 4.57. The normalized spacial score (nSPS) is 13.6. The Morgan fingerprint density at radius 2 is 1.90 bits per heavy atom. The summed E-state index contributed by atoms with van der Waals surface area (Å²) in [6.45, 7) is 5.67. The van der Waals surface area contributed by atoms with Crippen LogP contribution in [-0.4, -0.2) is 0 Å². The maximum absolute atomic E-state index is 3.68. The Kier molecular flexibility index (Phi) is 5.68. The van der Waals surface area contributed by atoms with E-state index in [4.69, 9.17) is 0 Å². The summed E-state index contributed by atoms with van der Waals surface area (Å²) in [4.78, 5) is 1.85. The molecular weight excluding hydrogens is 324 g/mol. The van der Waals surface area contributed by atoms with Crippen molar-refractivity contribution >= 4 is 47.8 Å². The van der Waals surface area contributed by atoms with E-state index in [9.17, 15) is 0 Å². The lowest BCUT2D eigenvalue weighted by Crippen LogP contribution is -1.72. The van der Waals surface area contributed by atoms with E-state index < -0.39 is 0 Å². The van der Waals surface area contributed by atoms with Gasteiger partial charge in [0, 0.05) is 8.96 Å². The van der Waals surface area contributed by atoms with Crippen LogP contribution in [0.5, 0.6) is 0 Å². The largest absolute Gasteiger partial charge is 0.0847 e. The zero-order valence-electron chi connectivity index (χ0n) is 5.50. The maximum atomic E-state index is 3.68. The van der Waals surface area contributed by atoms with Crippen molar-refractivity contribution in [2.45, 2.75) is 6.92 Å². The van der Waals surface area contributed by atoms with Gasteiger partial charge in [0.2, 0.25) is 0 Å². The highest BCUT2D eigenvalue weighted by molar-refractivity contribution is 9.12. The predicted octanol–water partition coefficient (Wildman–Crippen LogP) is 4.47. The van der Waals surface area contributed by atoms with Crippen LogP contribution < -0.4 is 0 Å². The first kappa shape index (κ1) is 10.7. The molecule has 0 saturated heterocycles. The molecule has 0 saturated carbocycles. The Morgan fingerprint density at radius 3 is 2.20 bits per heavy atom. The SMILES string of the molecule is C=C(Br)/C=C(Br)\C(C)=C\Br. The van der Waals surface area contributed by atoms with Gasteiger partial charge in [0.05, 0.1) is 0 Å². The van der Waals surface area contributed by atoms with Gasteiger partial charge in [-0.15, -0.1) is 0 Å². The monoisotopic (exact) mass is 328 g/mol. The van der Waals surface area contributed by atoms with E-state index >= 15 is 0 Å². The Balaban J connectivity index is 4.35. The van der Waals surface area contributed by atoms with E-state index in [0.717, 1.165) is 14.5 Å². The number of hydrogen-bond donors (Lipinski definition) is 0. The van der Waals surface area contributed by atoms with Gasteiger partial charge in [-0.3, -0.25) is 0 Å². The highest BCUT2D eigenvalue weighted by Crippen LogP contribution is 2.20. The van der Waals surface area contributed by atoms with Crippen LogP contribution in [0.15, 0.2) is 32.2 Å². The lowest BCUT2D eigenvalue weighted by molar-refractivity contribution is 1.53. The van der Waals surface area contributed by atoms with E-state index in [2.05, 4.69) is 54.4 Å². The molecule has 0 aromatic carbocycles. The summed E-state index contributed by atoms with van der Waals surface area (Å²) in [5.41, 5.74) is 1.13. The van der Waals surface area contributed by atoms with E-state index in [-0.39, 0.29) is 0 Å². The molecule has 0 rings (SSSR count). The molecular formula is C7H7Br3. The van der Waals surface area contributed by atoms with E-state index in [1.165, 1.54) is 0 Å². The fourth-order valence-corrected chi connectivity index (χ4v) is 1.78. The summed E-state index contributed by atoms with van der Waals surface area (Å²) in [5, 5.41) is 0. The van der Waals surface area contributed by atoms with Crippen molar-refractivity contribution in [1.82, 2.24) is 0 Å². The summed E-state index contributed by atoms with van der Waals surface area (Å²) in [5.74, 6) is 0. The Bertz CT molecular complexity index is 189. The highest BCUT2D eigenvalue weighted by atomic mass is 79.9. The van der Waals surface area contributed by atoms with Crippen molar-refractivity contribution < 1.29 is 0 Å². The Hall–Kier alpha value is 0.660. The number of halogens is 3. The minimum atomic E-state index is 0.855. The van der Waals surface area contributed by atoms with Crippen LogP contribution in [0.2, 0.25) is 0 Å². The topological polar surface area (TPSA) is 0 Å². The zero-order chi connectivity index (χ0) is 8.15.